The van der Waals surface area contributed by atoms with Gasteiger partial charge in [-0.1, -0.05) is 6.07 Å². The Morgan fingerprint density at radius 2 is 2.17 bits per heavy atom. The maximum atomic E-state index is 12.7. The summed E-state index contributed by atoms with van der Waals surface area (Å²) in [5.41, 5.74) is 0.432. The fourth-order valence-electron chi connectivity index (χ4n) is 6.02. The molecule has 5 heteroatoms. The van der Waals surface area contributed by atoms with E-state index in [1.807, 2.05) is 6.07 Å². The lowest BCUT2D eigenvalue weighted by atomic mass is 9.54. The van der Waals surface area contributed by atoms with E-state index in [1.54, 1.807) is 6.07 Å². The third kappa shape index (κ3) is 1.32. The molecular formula is C19H21NO4. The monoisotopic (exact) mass is 327 g/mol. The van der Waals surface area contributed by atoms with E-state index in [4.69, 9.17) is 4.74 Å². The number of rotatable bonds is 2. The highest BCUT2D eigenvalue weighted by atomic mass is 16.5. The van der Waals surface area contributed by atoms with Gasteiger partial charge in [-0.3, -0.25) is 9.69 Å². The van der Waals surface area contributed by atoms with E-state index in [-0.39, 0.29) is 17.6 Å². The summed E-state index contributed by atoms with van der Waals surface area (Å²) in [6.07, 6.45) is 3.54. The summed E-state index contributed by atoms with van der Waals surface area (Å²) in [6.45, 7) is 1.68. The minimum absolute atomic E-state index is 0.0558. The Morgan fingerprint density at radius 3 is 2.96 bits per heavy atom. The topological polar surface area (TPSA) is 70.0 Å². The molecule has 1 aromatic carbocycles. The van der Waals surface area contributed by atoms with E-state index < -0.39 is 17.1 Å². The molecule has 0 radical (unpaired) electrons. The molecule has 6 rings (SSSR count). The predicted molar refractivity (Wildman–Crippen MR) is 85.2 cm³/mol. The van der Waals surface area contributed by atoms with Gasteiger partial charge < -0.3 is 14.9 Å². The molecule has 1 unspecified atom stereocenters. The molecule has 1 saturated heterocycles. The number of ether oxygens (including phenoxy) is 1. The van der Waals surface area contributed by atoms with Crippen LogP contribution in [-0.4, -0.2) is 51.7 Å². The fourth-order valence-corrected chi connectivity index (χ4v) is 6.02. The SMILES string of the molecule is O=C1CC[C@@]2(O)[C@H]3Cc4ccc(O)c5c4[C@@]2(CN3CC2CC2)C1O5. The predicted octanol–water partition coefficient (Wildman–Crippen LogP) is 1.14. The van der Waals surface area contributed by atoms with Crippen LogP contribution in [-0.2, 0) is 16.6 Å². The zero-order valence-electron chi connectivity index (χ0n) is 13.5. The second kappa shape index (κ2) is 3.97. The minimum Gasteiger partial charge on any atom is -0.504 e. The summed E-state index contributed by atoms with van der Waals surface area (Å²) in [4.78, 5) is 15.1. The molecule has 24 heavy (non-hydrogen) atoms. The quantitative estimate of drug-likeness (QED) is 0.852. The fraction of sp³-hybridized carbons (Fsp3) is 0.632. The van der Waals surface area contributed by atoms with Crippen LogP contribution in [0.25, 0.3) is 0 Å². The first kappa shape index (κ1) is 13.7. The van der Waals surface area contributed by atoms with Crippen LogP contribution in [0.4, 0.5) is 0 Å². The van der Waals surface area contributed by atoms with Crippen LogP contribution in [0, 0.1) is 5.92 Å². The molecule has 5 aliphatic rings. The van der Waals surface area contributed by atoms with Crippen molar-refractivity contribution >= 4 is 5.78 Å². The van der Waals surface area contributed by atoms with Crippen LogP contribution >= 0.6 is 0 Å². The maximum Gasteiger partial charge on any atom is 0.174 e. The number of nitrogens with zero attached hydrogens (tertiary/aromatic N) is 1. The molecule has 2 saturated carbocycles. The van der Waals surface area contributed by atoms with Crippen LogP contribution in [0.15, 0.2) is 12.1 Å². The molecule has 2 heterocycles. The van der Waals surface area contributed by atoms with Gasteiger partial charge in [0.25, 0.3) is 0 Å². The van der Waals surface area contributed by atoms with Crippen molar-refractivity contribution < 1.29 is 19.7 Å². The molecule has 2 bridgehead atoms. The molecule has 1 aromatic rings. The van der Waals surface area contributed by atoms with Crippen molar-refractivity contribution in [3.8, 4) is 11.5 Å². The number of aromatic hydroxyl groups is 1. The van der Waals surface area contributed by atoms with E-state index in [0.717, 1.165) is 30.0 Å². The third-order valence-corrected chi connectivity index (χ3v) is 7.22. The molecule has 3 fully saturated rings. The van der Waals surface area contributed by atoms with Gasteiger partial charge in [-0.15, -0.1) is 0 Å². The van der Waals surface area contributed by atoms with Crippen LogP contribution in [0.2, 0.25) is 0 Å². The Hall–Kier alpha value is -1.59. The smallest absolute Gasteiger partial charge is 0.174 e. The Labute approximate surface area is 140 Å². The van der Waals surface area contributed by atoms with Gasteiger partial charge in [0.05, 0.1) is 11.0 Å². The van der Waals surface area contributed by atoms with Gasteiger partial charge in [-0.25, -0.2) is 0 Å². The van der Waals surface area contributed by atoms with E-state index in [9.17, 15) is 15.0 Å². The normalized spacial score (nSPS) is 42.1. The Morgan fingerprint density at radius 1 is 1.33 bits per heavy atom. The van der Waals surface area contributed by atoms with Crippen molar-refractivity contribution in [3.63, 3.8) is 0 Å². The number of hydrogen-bond acceptors (Lipinski definition) is 5. The van der Waals surface area contributed by atoms with Crippen molar-refractivity contribution in [1.29, 1.82) is 0 Å². The number of benzene rings is 1. The van der Waals surface area contributed by atoms with E-state index in [2.05, 4.69) is 4.90 Å². The minimum atomic E-state index is -0.924. The number of ketones is 1. The largest absolute Gasteiger partial charge is 0.504 e. The summed E-state index contributed by atoms with van der Waals surface area (Å²) in [5.74, 6) is 1.33. The number of carbonyl (C=O) groups is 1. The first-order valence-electron chi connectivity index (χ1n) is 9.06. The van der Waals surface area contributed by atoms with Crippen LogP contribution in [0.3, 0.4) is 0 Å². The number of phenolic OH excluding ortho intramolecular Hbond substituents is 1. The molecular weight excluding hydrogens is 306 g/mol. The van der Waals surface area contributed by atoms with Crippen LogP contribution in [0.5, 0.6) is 11.5 Å². The first-order valence-corrected chi connectivity index (χ1v) is 9.06. The molecule has 0 amide bonds. The standard InChI is InChI=1S/C19H21NO4/c21-12-4-3-11-7-14-19(23)6-5-13(22)17-18(19,15(11)16(12)24-17)9-20(14)8-10-1-2-10/h3-4,10,14,17,21,23H,1-2,5-9H2/t14-,17?,18+,19-/m1/s1. The first-order chi connectivity index (χ1) is 11.5. The Kier molecular flexibility index (Phi) is 2.26. The van der Waals surface area contributed by atoms with Gasteiger partial charge in [0, 0.05) is 31.1 Å². The number of aliphatic hydroxyl groups is 1. The zero-order valence-corrected chi connectivity index (χ0v) is 13.5. The molecule has 4 atom stereocenters. The van der Waals surface area contributed by atoms with Gasteiger partial charge in [-0.2, -0.15) is 0 Å². The molecule has 126 valence electrons. The van der Waals surface area contributed by atoms with Crippen LogP contribution < -0.4 is 4.74 Å². The van der Waals surface area contributed by atoms with Crippen molar-refractivity contribution in [2.45, 2.75) is 55.3 Å². The number of likely N-dealkylation sites (tertiary alicyclic amines) is 1. The zero-order chi connectivity index (χ0) is 16.3. The molecule has 1 spiro atoms. The molecule has 2 N–H and O–H groups in total. The molecule has 2 aliphatic heterocycles. The van der Waals surface area contributed by atoms with Crippen molar-refractivity contribution in [2.24, 2.45) is 5.92 Å². The average molecular weight is 327 g/mol. The Bertz CT molecular complexity index is 788. The highest BCUT2D eigenvalue weighted by Gasteiger charge is 2.75. The van der Waals surface area contributed by atoms with E-state index in [1.165, 1.54) is 12.8 Å². The Balaban J connectivity index is 1.61. The van der Waals surface area contributed by atoms with Crippen molar-refractivity contribution in [2.75, 3.05) is 13.1 Å². The lowest BCUT2D eigenvalue weighted by Gasteiger charge is -2.50. The van der Waals surface area contributed by atoms with Gasteiger partial charge >= 0.3 is 0 Å². The molecule has 5 nitrogen and oxygen atoms in total. The second-order valence-corrected chi connectivity index (χ2v) is 8.40. The summed E-state index contributed by atoms with van der Waals surface area (Å²) >= 11 is 0. The summed E-state index contributed by atoms with van der Waals surface area (Å²) < 4.78 is 6.01. The van der Waals surface area contributed by atoms with Gasteiger partial charge in [-0.05, 0) is 43.2 Å². The van der Waals surface area contributed by atoms with Gasteiger partial charge in [0.1, 0.15) is 0 Å². The van der Waals surface area contributed by atoms with Crippen molar-refractivity contribution in [3.05, 3.63) is 23.3 Å². The number of phenols is 1. The lowest BCUT2D eigenvalue weighted by Crippen LogP contribution is -2.66. The summed E-state index contributed by atoms with van der Waals surface area (Å²) in [5, 5.41) is 22.1. The molecule has 0 aromatic heterocycles. The van der Waals surface area contributed by atoms with Gasteiger partial charge in [0.2, 0.25) is 0 Å². The highest BCUT2D eigenvalue weighted by Crippen LogP contribution is 2.65. The van der Waals surface area contributed by atoms with Crippen LogP contribution in [0.1, 0.15) is 36.8 Å². The van der Waals surface area contributed by atoms with E-state index >= 15 is 0 Å². The van der Waals surface area contributed by atoms with Gasteiger partial charge in [0.15, 0.2) is 23.4 Å². The number of Topliss-reactive ketones (excluding diaryl/α,β-unsaturated/α-hetero) is 1. The highest BCUT2D eigenvalue weighted by molar-refractivity contribution is 5.90. The lowest BCUT2D eigenvalue weighted by molar-refractivity contribution is -0.147. The third-order valence-electron chi connectivity index (χ3n) is 7.22. The number of hydrogen-bond donors (Lipinski definition) is 2. The summed E-state index contributed by atoms with van der Waals surface area (Å²) in [7, 11) is 0. The van der Waals surface area contributed by atoms with E-state index in [0.29, 0.717) is 25.1 Å². The van der Waals surface area contributed by atoms with Crippen molar-refractivity contribution in [1.82, 2.24) is 4.90 Å². The second-order valence-electron chi connectivity index (χ2n) is 8.40. The number of carbonyl (C=O) groups excluding carboxylic acids is 1. The summed E-state index contributed by atoms with van der Waals surface area (Å²) in [6, 6.07) is 3.68. The maximum absolute atomic E-state index is 12.7. The average Bonchev–Trinajstić information content (AvgIpc) is 3.27. The molecule has 3 aliphatic carbocycles.